The molecule has 4 rings (SSSR count). The number of nitro groups is 1. The highest BCUT2D eigenvalue weighted by atomic mass is 16.6. The first kappa shape index (κ1) is 17.1. The molecule has 0 saturated carbocycles. The lowest BCUT2D eigenvalue weighted by atomic mass is 10.0. The van der Waals surface area contributed by atoms with E-state index in [0.29, 0.717) is 16.5 Å². The fraction of sp³-hybridized carbons (Fsp3) is 0. The molecular formula is C21H12N4O3. The first-order chi connectivity index (χ1) is 13.6. The van der Waals surface area contributed by atoms with Crippen molar-refractivity contribution in [3.05, 3.63) is 98.8 Å². The molecule has 134 valence electrons. The fourth-order valence-electron chi connectivity index (χ4n) is 3.08. The number of nitriles is 1. The van der Waals surface area contributed by atoms with Gasteiger partial charge >= 0.3 is 0 Å². The number of nitro benzene ring substituents is 1. The van der Waals surface area contributed by atoms with Crippen LogP contribution in [-0.2, 0) is 0 Å². The number of hydrogen-bond acceptors (Lipinski definition) is 5. The smallest absolute Gasteiger partial charge is 0.267 e. The van der Waals surface area contributed by atoms with Gasteiger partial charge in [-0.25, -0.2) is 0 Å². The van der Waals surface area contributed by atoms with Gasteiger partial charge in [-0.15, -0.1) is 0 Å². The zero-order valence-corrected chi connectivity index (χ0v) is 14.4. The summed E-state index contributed by atoms with van der Waals surface area (Å²) < 4.78 is 1.00. The number of rotatable bonds is 3. The first-order valence-electron chi connectivity index (χ1n) is 8.36. The second kappa shape index (κ2) is 6.78. The van der Waals surface area contributed by atoms with Crippen molar-refractivity contribution < 1.29 is 4.92 Å². The molecule has 0 aliphatic carbocycles. The molecule has 0 fully saturated rings. The lowest BCUT2D eigenvalue weighted by molar-refractivity contribution is -0.384. The van der Waals surface area contributed by atoms with Gasteiger partial charge in [0.05, 0.1) is 27.6 Å². The van der Waals surface area contributed by atoms with Crippen LogP contribution in [-0.4, -0.2) is 14.7 Å². The first-order valence-corrected chi connectivity index (χ1v) is 8.36. The Hall–Kier alpha value is -4.31. The number of nitrogens with zero attached hydrogens (tertiary/aromatic N) is 4. The van der Waals surface area contributed by atoms with Crippen LogP contribution in [0.15, 0.2) is 77.6 Å². The van der Waals surface area contributed by atoms with Crippen LogP contribution in [0.4, 0.5) is 5.69 Å². The monoisotopic (exact) mass is 368 g/mol. The van der Waals surface area contributed by atoms with Gasteiger partial charge in [0, 0.05) is 17.0 Å². The van der Waals surface area contributed by atoms with Crippen molar-refractivity contribution >= 4 is 16.5 Å². The van der Waals surface area contributed by atoms with E-state index in [-0.39, 0.29) is 16.9 Å². The molecule has 0 bridgehead atoms. The van der Waals surface area contributed by atoms with E-state index in [0.717, 1.165) is 10.2 Å². The Kier molecular flexibility index (Phi) is 4.14. The Morgan fingerprint density at radius 1 is 0.964 bits per heavy atom. The van der Waals surface area contributed by atoms with E-state index in [4.69, 9.17) is 0 Å². The SMILES string of the molecule is N#Cc1ccc([N+](=O)[O-])c(-n2nc(-c3ccccc3)c3ccccc3c2=O)c1. The van der Waals surface area contributed by atoms with Crippen molar-refractivity contribution in [3.8, 4) is 23.0 Å². The molecule has 0 atom stereocenters. The van der Waals surface area contributed by atoms with Gasteiger partial charge in [-0.05, 0) is 18.2 Å². The minimum absolute atomic E-state index is 0.0445. The Balaban J connectivity index is 2.13. The summed E-state index contributed by atoms with van der Waals surface area (Å²) in [6, 6.07) is 22.0. The highest BCUT2D eigenvalue weighted by Gasteiger charge is 2.21. The number of benzene rings is 3. The highest BCUT2D eigenvalue weighted by molar-refractivity contribution is 5.94. The van der Waals surface area contributed by atoms with Gasteiger partial charge < -0.3 is 0 Å². The Morgan fingerprint density at radius 2 is 1.64 bits per heavy atom. The maximum atomic E-state index is 13.1. The second-order valence-corrected chi connectivity index (χ2v) is 6.05. The predicted molar refractivity (Wildman–Crippen MR) is 104 cm³/mol. The number of aromatic nitrogens is 2. The van der Waals surface area contributed by atoms with Crippen molar-refractivity contribution in [3.63, 3.8) is 0 Å². The van der Waals surface area contributed by atoms with E-state index in [1.807, 2.05) is 36.4 Å². The third-order valence-corrected chi connectivity index (χ3v) is 4.38. The molecule has 0 N–H and O–H groups in total. The average molecular weight is 368 g/mol. The number of fused-ring (bicyclic) bond motifs is 1. The summed E-state index contributed by atoms with van der Waals surface area (Å²) in [5.41, 5.74) is 0.649. The van der Waals surface area contributed by atoms with Gasteiger partial charge in [0.25, 0.3) is 11.2 Å². The van der Waals surface area contributed by atoms with E-state index in [9.17, 15) is 20.2 Å². The van der Waals surface area contributed by atoms with Crippen LogP contribution in [0.5, 0.6) is 0 Å². The molecular weight excluding hydrogens is 356 g/mol. The molecule has 7 heteroatoms. The van der Waals surface area contributed by atoms with E-state index in [1.165, 1.54) is 18.2 Å². The molecule has 4 aromatic rings. The maximum Gasteiger partial charge on any atom is 0.295 e. The minimum Gasteiger partial charge on any atom is -0.267 e. The topological polar surface area (TPSA) is 102 Å². The molecule has 7 nitrogen and oxygen atoms in total. The fourth-order valence-corrected chi connectivity index (χ4v) is 3.08. The van der Waals surface area contributed by atoms with Gasteiger partial charge in [-0.1, -0.05) is 48.5 Å². The molecule has 1 aromatic heterocycles. The van der Waals surface area contributed by atoms with Gasteiger partial charge in [-0.2, -0.15) is 15.0 Å². The summed E-state index contributed by atoms with van der Waals surface area (Å²) in [6.45, 7) is 0. The normalized spacial score (nSPS) is 10.5. The summed E-state index contributed by atoms with van der Waals surface area (Å²) in [4.78, 5) is 24.0. The van der Waals surface area contributed by atoms with Crippen LogP contribution in [0.2, 0.25) is 0 Å². The molecule has 0 radical (unpaired) electrons. The molecule has 28 heavy (non-hydrogen) atoms. The molecule has 1 heterocycles. The van der Waals surface area contributed by atoms with Crippen molar-refractivity contribution in [1.82, 2.24) is 9.78 Å². The predicted octanol–water partition coefficient (Wildman–Crippen LogP) is 3.83. The van der Waals surface area contributed by atoms with Gasteiger partial charge in [0.1, 0.15) is 5.69 Å². The lowest BCUT2D eigenvalue weighted by Crippen LogP contribution is -2.23. The third kappa shape index (κ3) is 2.79. The average Bonchev–Trinajstić information content (AvgIpc) is 2.74. The van der Waals surface area contributed by atoms with Crippen LogP contribution >= 0.6 is 0 Å². The van der Waals surface area contributed by atoms with Crippen LogP contribution in [0.25, 0.3) is 27.7 Å². The van der Waals surface area contributed by atoms with Gasteiger partial charge in [0.2, 0.25) is 0 Å². The summed E-state index contributed by atoms with van der Waals surface area (Å²) in [5, 5.41) is 26.2. The highest BCUT2D eigenvalue weighted by Crippen LogP contribution is 2.27. The quantitative estimate of drug-likeness (QED) is 0.404. The Labute approximate surface area is 158 Å². The third-order valence-electron chi connectivity index (χ3n) is 4.38. The van der Waals surface area contributed by atoms with Crippen LogP contribution in [0.1, 0.15) is 5.56 Å². The van der Waals surface area contributed by atoms with Crippen molar-refractivity contribution in [2.75, 3.05) is 0 Å². The van der Waals surface area contributed by atoms with Crippen molar-refractivity contribution in [2.45, 2.75) is 0 Å². The van der Waals surface area contributed by atoms with Crippen LogP contribution in [0.3, 0.4) is 0 Å². The zero-order valence-electron chi connectivity index (χ0n) is 14.4. The molecule has 3 aromatic carbocycles. The van der Waals surface area contributed by atoms with Crippen LogP contribution in [0, 0.1) is 21.4 Å². The van der Waals surface area contributed by atoms with Crippen LogP contribution < -0.4 is 5.56 Å². The summed E-state index contributed by atoms with van der Waals surface area (Å²) in [6.07, 6.45) is 0. The summed E-state index contributed by atoms with van der Waals surface area (Å²) >= 11 is 0. The minimum atomic E-state index is -0.595. The van der Waals surface area contributed by atoms with E-state index < -0.39 is 10.5 Å². The molecule has 0 amide bonds. The van der Waals surface area contributed by atoms with Crippen molar-refractivity contribution in [2.24, 2.45) is 0 Å². The zero-order chi connectivity index (χ0) is 19.7. The molecule has 0 aliphatic heterocycles. The largest absolute Gasteiger partial charge is 0.295 e. The summed E-state index contributed by atoms with van der Waals surface area (Å²) in [7, 11) is 0. The lowest BCUT2D eigenvalue weighted by Gasteiger charge is -2.11. The van der Waals surface area contributed by atoms with Gasteiger partial charge in [0.15, 0.2) is 0 Å². The number of hydrogen-bond donors (Lipinski definition) is 0. The summed E-state index contributed by atoms with van der Waals surface area (Å²) in [5.74, 6) is 0. The molecule has 0 spiro atoms. The molecule has 0 unspecified atom stereocenters. The van der Waals surface area contributed by atoms with E-state index in [2.05, 4.69) is 5.10 Å². The van der Waals surface area contributed by atoms with E-state index in [1.54, 1.807) is 24.3 Å². The molecule has 0 aliphatic rings. The molecule has 0 saturated heterocycles. The van der Waals surface area contributed by atoms with Gasteiger partial charge in [-0.3, -0.25) is 14.9 Å². The standard InChI is InChI=1S/C21H12N4O3/c22-13-14-10-11-18(25(27)28)19(12-14)24-21(26)17-9-5-4-8-16(17)20(23-24)15-6-2-1-3-7-15/h1-12H. The second-order valence-electron chi connectivity index (χ2n) is 6.05. The Morgan fingerprint density at radius 3 is 2.32 bits per heavy atom. The van der Waals surface area contributed by atoms with Crippen molar-refractivity contribution in [1.29, 1.82) is 5.26 Å². The maximum absolute atomic E-state index is 13.1. The van der Waals surface area contributed by atoms with E-state index >= 15 is 0 Å². The Bertz CT molecular complexity index is 1320.